The van der Waals surface area contributed by atoms with Crippen LogP contribution >= 0.6 is 0 Å². The molecule has 0 fully saturated rings. The van der Waals surface area contributed by atoms with Crippen molar-refractivity contribution in [2.75, 3.05) is 13.2 Å². The summed E-state index contributed by atoms with van der Waals surface area (Å²) in [7, 11) is 0. The van der Waals surface area contributed by atoms with Crippen LogP contribution in [0.1, 0.15) is 19.4 Å². The molecule has 1 rings (SSSR count). The molecule has 1 aromatic carbocycles. The largest absolute Gasteiger partial charge is 0.481 e. The van der Waals surface area contributed by atoms with E-state index in [0.717, 1.165) is 5.56 Å². The Morgan fingerprint density at radius 2 is 1.78 bits per heavy atom. The summed E-state index contributed by atoms with van der Waals surface area (Å²) in [6.45, 7) is 4.16. The molecule has 1 aromatic rings. The van der Waals surface area contributed by atoms with Crippen molar-refractivity contribution in [1.82, 2.24) is 0 Å². The van der Waals surface area contributed by atoms with Gasteiger partial charge in [-0.2, -0.15) is 0 Å². The summed E-state index contributed by atoms with van der Waals surface area (Å²) in [5, 5.41) is 0. The molecule has 0 saturated carbocycles. The lowest BCUT2D eigenvalue weighted by Crippen LogP contribution is -2.12. The lowest BCUT2D eigenvalue weighted by Gasteiger charge is -2.07. The maximum atomic E-state index is 12.7. The maximum Gasteiger partial charge on any atom is 0.436 e. The van der Waals surface area contributed by atoms with Gasteiger partial charge in [-0.05, 0) is 31.5 Å². The molecule has 0 aliphatic heterocycles. The average molecular weight is 253 g/mol. The Labute approximate surface area is 105 Å². The van der Waals surface area contributed by atoms with E-state index in [-0.39, 0.29) is 18.3 Å². The van der Waals surface area contributed by atoms with Gasteiger partial charge in [-0.1, -0.05) is 12.1 Å². The Kier molecular flexibility index (Phi) is 5.84. The molecular weight excluding hydrogens is 237 g/mol. The van der Waals surface area contributed by atoms with Crippen molar-refractivity contribution < 1.29 is 18.7 Å². The minimum Gasteiger partial charge on any atom is -0.481 e. The molecule has 0 bridgehead atoms. The van der Waals surface area contributed by atoms with E-state index >= 15 is 0 Å². The first-order valence-electron chi connectivity index (χ1n) is 5.77. The van der Waals surface area contributed by atoms with Crippen LogP contribution in [0.2, 0.25) is 0 Å². The molecule has 0 aromatic heterocycles. The van der Waals surface area contributed by atoms with Gasteiger partial charge in [0.15, 0.2) is 5.90 Å². The molecule has 5 heteroatoms. The number of ether oxygens (including phenoxy) is 2. The molecule has 0 aliphatic rings. The topological polar surface area (TPSA) is 47.9 Å². The Morgan fingerprint density at radius 1 is 1.17 bits per heavy atom. The van der Waals surface area contributed by atoms with Crippen molar-refractivity contribution >= 4 is 12.0 Å². The van der Waals surface area contributed by atoms with Gasteiger partial charge >= 0.3 is 6.09 Å². The van der Waals surface area contributed by atoms with Crippen molar-refractivity contribution in [1.29, 1.82) is 0 Å². The second kappa shape index (κ2) is 7.42. The summed E-state index contributed by atoms with van der Waals surface area (Å²) in [6, 6.07) is 5.94. The Morgan fingerprint density at radius 3 is 2.33 bits per heavy atom. The van der Waals surface area contributed by atoms with E-state index in [9.17, 15) is 9.18 Å². The molecule has 0 spiro atoms. The standard InChI is InChI=1S/C13H16FNO3/c1-3-17-12(15-13(16)18-4-2)9-10-5-7-11(14)8-6-10/h5-8H,3-4,9H2,1-2H3/b15-12+. The predicted molar refractivity (Wildman–Crippen MR) is 66.2 cm³/mol. The quantitative estimate of drug-likeness (QED) is 0.612. The van der Waals surface area contributed by atoms with Gasteiger partial charge in [-0.15, -0.1) is 4.99 Å². The summed E-state index contributed by atoms with van der Waals surface area (Å²) in [4.78, 5) is 14.9. The SMILES string of the molecule is CCOC(=O)/N=C(\Cc1ccc(F)cc1)OCC. The molecule has 18 heavy (non-hydrogen) atoms. The third-order valence-corrected chi connectivity index (χ3v) is 2.06. The summed E-state index contributed by atoms with van der Waals surface area (Å²) in [6.07, 6.45) is -0.351. The van der Waals surface area contributed by atoms with Crippen molar-refractivity contribution in [3.63, 3.8) is 0 Å². The fraction of sp³-hybridized carbons (Fsp3) is 0.385. The second-order valence-electron chi connectivity index (χ2n) is 3.44. The molecule has 0 atom stereocenters. The summed E-state index contributed by atoms with van der Waals surface area (Å²) in [5.41, 5.74) is 0.813. The van der Waals surface area contributed by atoms with Crippen LogP contribution in [0, 0.1) is 5.82 Å². The van der Waals surface area contributed by atoms with E-state index in [1.54, 1.807) is 26.0 Å². The minimum atomic E-state index is -0.678. The van der Waals surface area contributed by atoms with Gasteiger partial charge in [0.2, 0.25) is 0 Å². The van der Waals surface area contributed by atoms with E-state index in [2.05, 4.69) is 4.99 Å². The first-order chi connectivity index (χ1) is 8.65. The van der Waals surface area contributed by atoms with Gasteiger partial charge in [0.05, 0.1) is 13.2 Å². The molecule has 98 valence electrons. The lowest BCUT2D eigenvalue weighted by molar-refractivity contribution is 0.162. The highest BCUT2D eigenvalue weighted by Crippen LogP contribution is 2.05. The van der Waals surface area contributed by atoms with E-state index in [1.165, 1.54) is 12.1 Å². The van der Waals surface area contributed by atoms with Gasteiger partial charge in [-0.25, -0.2) is 9.18 Å². The number of nitrogens with zero attached hydrogens (tertiary/aromatic N) is 1. The van der Waals surface area contributed by atoms with Crippen LogP contribution in [0.3, 0.4) is 0 Å². The zero-order chi connectivity index (χ0) is 13.4. The number of benzene rings is 1. The number of halogens is 1. The number of carbonyl (C=O) groups is 1. The molecule has 0 unspecified atom stereocenters. The number of aliphatic imine (C=N–C) groups is 1. The second-order valence-corrected chi connectivity index (χ2v) is 3.44. The summed E-state index contributed by atoms with van der Waals surface area (Å²) < 4.78 is 22.7. The normalized spacial score (nSPS) is 11.2. The molecular formula is C13H16FNO3. The molecule has 1 amide bonds. The van der Waals surface area contributed by atoms with E-state index in [0.29, 0.717) is 13.0 Å². The van der Waals surface area contributed by atoms with Gasteiger partial charge < -0.3 is 9.47 Å². The highest BCUT2D eigenvalue weighted by molar-refractivity contribution is 5.89. The fourth-order valence-electron chi connectivity index (χ4n) is 1.32. The Bertz CT molecular complexity index is 415. The predicted octanol–water partition coefficient (Wildman–Crippen LogP) is 2.96. The third kappa shape index (κ3) is 4.95. The minimum absolute atomic E-state index is 0.262. The molecule has 0 saturated heterocycles. The Balaban J connectivity index is 2.73. The van der Waals surface area contributed by atoms with E-state index in [1.807, 2.05) is 0 Å². The number of hydrogen-bond acceptors (Lipinski definition) is 3. The van der Waals surface area contributed by atoms with Gasteiger partial charge in [0.1, 0.15) is 5.82 Å². The van der Waals surface area contributed by atoms with Crippen LogP contribution in [0.15, 0.2) is 29.3 Å². The van der Waals surface area contributed by atoms with Crippen molar-refractivity contribution in [2.24, 2.45) is 4.99 Å². The van der Waals surface area contributed by atoms with Gasteiger partial charge in [0.25, 0.3) is 0 Å². The van der Waals surface area contributed by atoms with E-state index < -0.39 is 6.09 Å². The van der Waals surface area contributed by atoms with Crippen LogP contribution in [-0.2, 0) is 15.9 Å². The van der Waals surface area contributed by atoms with Crippen molar-refractivity contribution in [3.8, 4) is 0 Å². The number of carbonyl (C=O) groups excluding carboxylic acids is 1. The molecule has 4 nitrogen and oxygen atoms in total. The van der Waals surface area contributed by atoms with Crippen LogP contribution in [-0.4, -0.2) is 25.2 Å². The fourth-order valence-corrected chi connectivity index (χ4v) is 1.32. The zero-order valence-electron chi connectivity index (χ0n) is 10.5. The molecule has 0 aliphatic carbocycles. The summed E-state index contributed by atoms with van der Waals surface area (Å²) >= 11 is 0. The van der Waals surface area contributed by atoms with Gasteiger partial charge in [-0.3, -0.25) is 0 Å². The van der Waals surface area contributed by atoms with Crippen molar-refractivity contribution in [3.05, 3.63) is 35.6 Å². The first-order valence-corrected chi connectivity index (χ1v) is 5.77. The highest BCUT2D eigenvalue weighted by atomic mass is 19.1. The third-order valence-electron chi connectivity index (χ3n) is 2.06. The number of amides is 1. The first kappa shape index (κ1) is 14.2. The lowest BCUT2D eigenvalue weighted by atomic mass is 10.1. The van der Waals surface area contributed by atoms with E-state index in [4.69, 9.17) is 9.47 Å². The van der Waals surface area contributed by atoms with Gasteiger partial charge in [0, 0.05) is 6.42 Å². The monoisotopic (exact) mass is 253 g/mol. The number of hydrogen-bond donors (Lipinski definition) is 0. The molecule has 0 N–H and O–H groups in total. The van der Waals surface area contributed by atoms with Crippen LogP contribution in [0.5, 0.6) is 0 Å². The molecule has 0 heterocycles. The smallest absolute Gasteiger partial charge is 0.436 e. The summed E-state index contributed by atoms with van der Waals surface area (Å²) in [5.74, 6) is -0.0402. The van der Waals surface area contributed by atoms with Crippen LogP contribution < -0.4 is 0 Å². The number of rotatable bonds is 4. The van der Waals surface area contributed by atoms with Crippen LogP contribution in [0.4, 0.5) is 9.18 Å². The highest BCUT2D eigenvalue weighted by Gasteiger charge is 2.07. The zero-order valence-corrected chi connectivity index (χ0v) is 10.5. The maximum absolute atomic E-state index is 12.7. The molecule has 0 radical (unpaired) electrons. The average Bonchev–Trinajstić information content (AvgIpc) is 2.32. The Hall–Kier alpha value is -1.91. The van der Waals surface area contributed by atoms with Crippen LogP contribution in [0.25, 0.3) is 0 Å². The van der Waals surface area contributed by atoms with Crippen molar-refractivity contribution in [2.45, 2.75) is 20.3 Å².